The topological polar surface area (TPSA) is 49.5 Å². The number of nitrogens with two attached hydrogens (primary N) is 1. The van der Waals surface area contributed by atoms with Gasteiger partial charge < -0.3 is 15.7 Å². The Bertz CT molecular complexity index is 355. The molecular weight excluding hydrogens is 219 g/mol. The van der Waals surface area contributed by atoms with Crippen molar-refractivity contribution >= 4 is 5.69 Å². The molecule has 4 heteroatoms. The van der Waals surface area contributed by atoms with E-state index in [1.165, 1.54) is 6.07 Å². The molecule has 1 aromatic carbocycles. The summed E-state index contributed by atoms with van der Waals surface area (Å²) in [6, 6.07) is 6.69. The lowest BCUT2D eigenvalue weighted by molar-refractivity contribution is 0.201. The number of para-hydroxylation sites is 1. The van der Waals surface area contributed by atoms with Gasteiger partial charge >= 0.3 is 0 Å². The molecule has 0 aliphatic rings. The summed E-state index contributed by atoms with van der Waals surface area (Å²) < 4.78 is 13.6. The van der Waals surface area contributed by atoms with Crippen LogP contribution in [-0.2, 0) is 0 Å². The molecule has 0 aliphatic carbocycles. The lowest BCUT2D eigenvalue weighted by Gasteiger charge is -2.28. The number of hydrogen-bond acceptors (Lipinski definition) is 3. The molecule has 0 bridgehead atoms. The van der Waals surface area contributed by atoms with E-state index in [0.717, 1.165) is 0 Å². The zero-order valence-corrected chi connectivity index (χ0v) is 10.5. The minimum atomic E-state index is -0.612. The number of aliphatic hydroxyl groups excluding tert-OH is 1. The van der Waals surface area contributed by atoms with Crippen LogP contribution in [0, 0.1) is 5.82 Å². The lowest BCUT2D eigenvalue weighted by Crippen LogP contribution is -2.43. The van der Waals surface area contributed by atoms with Crippen LogP contribution in [0.5, 0.6) is 0 Å². The molecule has 3 N–H and O–H groups in total. The molecule has 0 saturated carbocycles. The maximum absolute atomic E-state index is 13.6. The summed E-state index contributed by atoms with van der Waals surface area (Å²) in [5.74, 6) is -0.225. The molecule has 0 heterocycles. The van der Waals surface area contributed by atoms with Gasteiger partial charge in [-0.2, -0.15) is 0 Å². The Morgan fingerprint density at radius 1 is 1.41 bits per heavy atom. The Labute approximate surface area is 102 Å². The summed E-state index contributed by atoms with van der Waals surface area (Å²) in [4.78, 5) is 1.93. The van der Waals surface area contributed by atoms with Crippen molar-refractivity contribution in [2.75, 3.05) is 24.6 Å². The third-order valence-electron chi connectivity index (χ3n) is 2.89. The molecule has 1 aromatic rings. The predicted octanol–water partition coefficient (Wildman–Crippen LogP) is 1.75. The molecule has 96 valence electrons. The zero-order valence-electron chi connectivity index (χ0n) is 10.5. The molecule has 1 atom stereocenters. The van der Waals surface area contributed by atoms with Crippen molar-refractivity contribution in [2.24, 2.45) is 5.73 Å². The van der Waals surface area contributed by atoms with Gasteiger partial charge in [0.2, 0.25) is 0 Å². The van der Waals surface area contributed by atoms with Crippen LogP contribution in [0.2, 0.25) is 0 Å². The first-order chi connectivity index (χ1) is 8.00. The Hall–Kier alpha value is -1.13. The summed E-state index contributed by atoms with van der Waals surface area (Å²) in [5, 5.41) is 9.09. The zero-order chi connectivity index (χ0) is 12.9. The summed E-state index contributed by atoms with van der Waals surface area (Å²) in [6.07, 6.45) is 0.617. The molecule has 0 aromatic heterocycles. The summed E-state index contributed by atoms with van der Waals surface area (Å²) >= 11 is 0. The van der Waals surface area contributed by atoms with Crippen molar-refractivity contribution in [2.45, 2.75) is 25.8 Å². The van der Waals surface area contributed by atoms with Gasteiger partial charge in [-0.25, -0.2) is 4.39 Å². The first-order valence-electron chi connectivity index (χ1n) is 5.89. The van der Waals surface area contributed by atoms with Gasteiger partial charge in [0, 0.05) is 18.6 Å². The molecule has 17 heavy (non-hydrogen) atoms. The molecule has 0 fully saturated rings. The predicted molar refractivity (Wildman–Crippen MR) is 68.6 cm³/mol. The summed E-state index contributed by atoms with van der Waals surface area (Å²) in [5.41, 5.74) is 5.84. The highest BCUT2D eigenvalue weighted by atomic mass is 19.1. The lowest BCUT2D eigenvalue weighted by atomic mass is 10.0. The number of halogens is 1. The number of rotatable bonds is 6. The molecule has 0 aliphatic heterocycles. The fourth-order valence-electron chi connectivity index (χ4n) is 1.63. The molecular formula is C13H21FN2O. The van der Waals surface area contributed by atoms with Gasteiger partial charge in [0.15, 0.2) is 0 Å². The smallest absolute Gasteiger partial charge is 0.146 e. The maximum atomic E-state index is 13.6. The monoisotopic (exact) mass is 240 g/mol. The highest BCUT2D eigenvalue weighted by Crippen LogP contribution is 2.19. The van der Waals surface area contributed by atoms with Crippen LogP contribution < -0.4 is 10.6 Å². The third kappa shape index (κ3) is 3.98. The molecule has 0 amide bonds. The van der Waals surface area contributed by atoms with Gasteiger partial charge in [-0.15, -0.1) is 0 Å². The van der Waals surface area contributed by atoms with Crippen LogP contribution in [0.1, 0.15) is 20.3 Å². The van der Waals surface area contributed by atoms with E-state index >= 15 is 0 Å². The van der Waals surface area contributed by atoms with Crippen LogP contribution in [-0.4, -0.2) is 30.3 Å². The molecule has 0 radical (unpaired) electrons. The largest absolute Gasteiger partial charge is 0.394 e. The highest BCUT2D eigenvalue weighted by Gasteiger charge is 2.19. The SMILES string of the molecule is CCN(CCC(C)(N)CO)c1ccccc1F. The second-order valence-corrected chi connectivity index (χ2v) is 4.59. The average molecular weight is 240 g/mol. The Morgan fingerprint density at radius 3 is 2.59 bits per heavy atom. The normalized spacial score (nSPS) is 14.4. The van der Waals surface area contributed by atoms with Gasteiger partial charge in [0.25, 0.3) is 0 Å². The second-order valence-electron chi connectivity index (χ2n) is 4.59. The van der Waals surface area contributed by atoms with Gasteiger partial charge in [-0.05, 0) is 32.4 Å². The van der Waals surface area contributed by atoms with Gasteiger partial charge in [-0.3, -0.25) is 0 Å². The fourth-order valence-corrected chi connectivity index (χ4v) is 1.63. The molecule has 0 saturated heterocycles. The average Bonchev–Trinajstić information content (AvgIpc) is 2.32. The molecule has 3 nitrogen and oxygen atoms in total. The number of aliphatic hydroxyl groups is 1. The van der Waals surface area contributed by atoms with Crippen LogP contribution >= 0.6 is 0 Å². The van der Waals surface area contributed by atoms with Crippen LogP contribution in [0.4, 0.5) is 10.1 Å². The molecule has 1 unspecified atom stereocenters. The van der Waals surface area contributed by atoms with E-state index in [9.17, 15) is 4.39 Å². The third-order valence-corrected chi connectivity index (χ3v) is 2.89. The van der Waals surface area contributed by atoms with E-state index in [0.29, 0.717) is 25.2 Å². The van der Waals surface area contributed by atoms with Crippen LogP contribution in [0.3, 0.4) is 0 Å². The van der Waals surface area contributed by atoms with E-state index in [4.69, 9.17) is 10.8 Å². The number of benzene rings is 1. The van der Waals surface area contributed by atoms with Crippen molar-refractivity contribution in [3.8, 4) is 0 Å². The van der Waals surface area contributed by atoms with E-state index in [1.807, 2.05) is 17.9 Å². The maximum Gasteiger partial charge on any atom is 0.146 e. The fraction of sp³-hybridized carbons (Fsp3) is 0.538. The van der Waals surface area contributed by atoms with Crippen molar-refractivity contribution < 1.29 is 9.50 Å². The van der Waals surface area contributed by atoms with Crippen molar-refractivity contribution in [1.29, 1.82) is 0 Å². The highest BCUT2D eigenvalue weighted by molar-refractivity contribution is 5.47. The first-order valence-corrected chi connectivity index (χ1v) is 5.89. The summed E-state index contributed by atoms with van der Waals surface area (Å²) in [7, 11) is 0. The van der Waals surface area contributed by atoms with Gasteiger partial charge in [-0.1, -0.05) is 12.1 Å². The quantitative estimate of drug-likeness (QED) is 0.796. The van der Waals surface area contributed by atoms with E-state index < -0.39 is 5.54 Å². The van der Waals surface area contributed by atoms with E-state index in [1.54, 1.807) is 19.1 Å². The van der Waals surface area contributed by atoms with Gasteiger partial charge in [0.1, 0.15) is 5.82 Å². The Morgan fingerprint density at radius 2 is 2.06 bits per heavy atom. The van der Waals surface area contributed by atoms with Crippen molar-refractivity contribution in [3.63, 3.8) is 0 Å². The van der Waals surface area contributed by atoms with E-state index in [-0.39, 0.29) is 12.4 Å². The number of anilines is 1. The van der Waals surface area contributed by atoms with Crippen LogP contribution in [0.25, 0.3) is 0 Å². The number of nitrogens with zero attached hydrogens (tertiary/aromatic N) is 1. The summed E-state index contributed by atoms with van der Waals surface area (Å²) in [6.45, 7) is 5.04. The van der Waals surface area contributed by atoms with Crippen molar-refractivity contribution in [1.82, 2.24) is 0 Å². The molecule has 1 rings (SSSR count). The van der Waals surface area contributed by atoms with Crippen molar-refractivity contribution in [3.05, 3.63) is 30.1 Å². The molecule has 0 spiro atoms. The standard InChI is InChI=1S/C13H21FN2O/c1-3-16(9-8-13(2,15)10-17)12-7-5-4-6-11(12)14/h4-7,17H,3,8-10,15H2,1-2H3. The first kappa shape index (κ1) is 13.9. The van der Waals surface area contributed by atoms with Gasteiger partial charge in [0.05, 0.1) is 12.3 Å². The van der Waals surface area contributed by atoms with Crippen LogP contribution in [0.15, 0.2) is 24.3 Å². The number of hydrogen-bond donors (Lipinski definition) is 2. The Balaban J connectivity index is 2.70. The van der Waals surface area contributed by atoms with E-state index in [2.05, 4.69) is 0 Å². The minimum Gasteiger partial charge on any atom is -0.394 e. The Kier molecular flexibility index (Phi) is 4.90. The second kappa shape index (κ2) is 5.98. The minimum absolute atomic E-state index is 0.0676.